The Balaban J connectivity index is 1.74. The first-order valence-corrected chi connectivity index (χ1v) is 11.3. The van der Waals surface area contributed by atoms with E-state index >= 15 is 0 Å². The zero-order chi connectivity index (χ0) is 23.2. The fraction of sp³-hybridized carbons (Fsp3) is 0.417. The average molecular weight is 460 g/mol. The zero-order valence-electron chi connectivity index (χ0n) is 18.2. The van der Waals surface area contributed by atoms with Crippen LogP contribution in [0.1, 0.15) is 31.2 Å². The fourth-order valence-corrected chi connectivity index (χ4v) is 5.08. The summed E-state index contributed by atoms with van der Waals surface area (Å²) < 4.78 is 7.58. The SMILES string of the molecule is Cc1cccc2c(Sc3ccc(C(C)(C)O)cc3)cn([C@@H]3O[C@H](CO)[C@@H](O)[C@H](O)[C@H]3O)c12. The molecule has 1 aliphatic rings. The van der Waals surface area contributed by atoms with Crippen LogP contribution in [-0.2, 0) is 10.3 Å². The smallest absolute Gasteiger partial charge is 0.163 e. The van der Waals surface area contributed by atoms with E-state index in [2.05, 4.69) is 0 Å². The van der Waals surface area contributed by atoms with Gasteiger partial charge in [0.05, 0.1) is 17.7 Å². The van der Waals surface area contributed by atoms with Crippen molar-refractivity contribution in [2.24, 2.45) is 0 Å². The molecule has 4 rings (SSSR count). The molecule has 0 saturated carbocycles. The molecule has 5 atom stereocenters. The van der Waals surface area contributed by atoms with Gasteiger partial charge in [0.25, 0.3) is 0 Å². The van der Waals surface area contributed by atoms with Crippen molar-refractivity contribution in [3.05, 3.63) is 59.8 Å². The van der Waals surface area contributed by atoms with Gasteiger partial charge in [0.2, 0.25) is 0 Å². The zero-order valence-corrected chi connectivity index (χ0v) is 19.0. The highest BCUT2D eigenvalue weighted by molar-refractivity contribution is 7.99. The number of aliphatic hydroxyl groups excluding tert-OH is 4. The quantitative estimate of drug-likeness (QED) is 0.398. The number of hydrogen-bond acceptors (Lipinski definition) is 7. The summed E-state index contributed by atoms with van der Waals surface area (Å²) in [7, 11) is 0. The van der Waals surface area contributed by atoms with Gasteiger partial charge in [0.1, 0.15) is 24.4 Å². The third-order valence-electron chi connectivity index (χ3n) is 5.95. The Hall–Kier alpha value is -1.91. The van der Waals surface area contributed by atoms with Crippen LogP contribution in [-0.4, -0.2) is 61.1 Å². The Morgan fingerprint density at radius 3 is 2.31 bits per heavy atom. The summed E-state index contributed by atoms with van der Waals surface area (Å²) in [6.07, 6.45) is -4.31. The van der Waals surface area contributed by atoms with Gasteiger partial charge in [0, 0.05) is 21.4 Å². The molecule has 0 spiro atoms. The van der Waals surface area contributed by atoms with E-state index in [0.717, 1.165) is 31.8 Å². The van der Waals surface area contributed by atoms with Crippen LogP contribution in [0.2, 0.25) is 0 Å². The lowest BCUT2D eigenvalue weighted by Gasteiger charge is -2.40. The summed E-state index contributed by atoms with van der Waals surface area (Å²) in [5, 5.41) is 51.8. The number of para-hydroxylation sites is 1. The van der Waals surface area contributed by atoms with E-state index in [1.54, 1.807) is 18.4 Å². The number of aliphatic hydroxyl groups is 5. The highest BCUT2D eigenvalue weighted by atomic mass is 32.2. The molecule has 0 bridgehead atoms. The van der Waals surface area contributed by atoms with Crippen molar-refractivity contribution in [1.82, 2.24) is 4.57 Å². The third-order valence-corrected chi connectivity index (χ3v) is 7.00. The molecular weight excluding hydrogens is 430 g/mol. The molecule has 1 fully saturated rings. The van der Waals surface area contributed by atoms with Crippen molar-refractivity contribution < 1.29 is 30.3 Å². The minimum atomic E-state index is -1.45. The lowest BCUT2D eigenvalue weighted by Crippen LogP contribution is -2.56. The van der Waals surface area contributed by atoms with Crippen molar-refractivity contribution in [3.63, 3.8) is 0 Å². The summed E-state index contributed by atoms with van der Waals surface area (Å²) >= 11 is 1.54. The summed E-state index contributed by atoms with van der Waals surface area (Å²) in [6.45, 7) is 4.96. The number of nitrogens with zero attached hydrogens (tertiary/aromatic N) is 1. The Morgan fingerprint density at radius 1 is 1.00 bits per heavy atom. The summed E-state index contributed by atoms with van der Waals surface area (Å²) in [4.78, 5) is 1.91. The van der Waals surface area contributed by atoms with E-state index in [1.807, 2.05) is 55.6 Å². The molecule has 0 radical (unpaired) electrons. The second-order valence-electron chi connectivity index (χ2n) is 8.78. The monoisotopic (exact) mass is 459 g/mol. The van der Waals surface area contributed by atoms with Crippen LogP contribution in [0, 0.1) is 6.92 Å². The first-order valence-electron chi connectivity index (χ1n) is 10.5. The molecule has 172 valence electrons. The first-order chi connectivity index (χ1) is 15.1. The molecule has 1 aromatic heterocycles. The summed E-state index contributed by atoms with van der Waals surface area (Å²) in [5.74, 6) is 0. The standard InChI is InChI=1S/C24H29NO6S/c1-13-5-4-6-16-18(32-15-9-7-14(8-10-15)24(2,3)30)11-25(19(13)16)23-22(29)21(28)20(27)17(12-26)31-23/h4-11,17,20-23,26-30H,12H2,1-3H3/t17-,20-,21+,22-,23-/m1/s1. The van der Waals surface area contributed by atoms with E-state index in [-0.39, 0.29) is 0 Å². The van der Waals surface area contributed by atoms with Crippen molar-refractivity contribution in [2.75, 3.05) is 6.61 Å². The second-order valence-corrected chi connectivity index (χ2v) is 9.89. The van der Waals surface area contributed by atoms with Gasteiger partial charge >= 0.3 is 0 Å². The van der Waals surface area contributed by atoms with E-state index in [0.29, 0.717) is 0 Å². The summed E-state index contributed by atoms with van der Waals surface area (Å²) in [6, 6.07) is 13.6. The molecule has 2 heterocycles. The van der Waals surface area contributed by atoms with E-state index in [1.165, 1.54) is 11.8 Å². The molecule has 0 aliphatic carbocycles. The van der Waals surface area contributed by atoms with Crippen LogP contribution < -0.4 is 0 Å². The van der Waals surface area contributed by atoms with Crippen molar-refractivity contribution in [1.29, 1.82) is 0 Å². The van der Waals surface area contributed by atoms with Gasteiger partial charge in [-0.15, -0.1) is 0 Å². The Kier molecular flexibility index (Phi) is 6.39. The molecule has 3 aromatic rings. The number of aromatic nitrogens is 1. The molecule has 8 heteroatoms. The van der Waals surface area contributed by atoms with Crippen LogP contribution in [0.25, 0.3) is 10.9 Å². The third kappa shape index (κ3) is 4.20. The van der Waals surface area contributed by atoms with Crippen molar-refractivity contribution in [2.45, 2.75) is 66.8 Å². The van der Waals surface area contributed by atoms with Gasteiger partial charge < -0.3 is 34.8 Å². The number of aryl methyl sites for hydroxylation is 1. The predicted molar refractivity (Wildman–Crippen MR) is 122 cm³/mol. The lowest BCUT2D eigenvalue weighted by molar-refractivity contribution is -0.250. The molecule has 32 heavy (non-hydrogen) atoms. The van der Waals surface area contributed by atoms with Crippen LogP contribution >= 0.6 is 11.8 Å². The lowest BCUT2D eigenvalue weighted by atomic mass is 9.98. The maximum absolute atomic E-state index is 10.7. The Bertz CT molecular complexity index is 1090. The van der Waals surface area contributed by atoms with Crippen molar-refractivity contribution >= 4 is 22.7 Å². The number of rotatable bonds is 5. The average Bonchev–Trinajstić information content (AvgIpc) is 3.11. The minimum Gasteiger partial charge on any atom is -0.394 e. The van der Waals surface area contributed by atoms with Gasteiger partial charge in [-0.2, -0.15) is 0 Å². The van der Waals surface area contributed by atoms with E-state index in [9.17, 15) is 25.5 Å². The maximum Gasteiger partial charge on any atom is 0.163 e. The molecule has 1 saturated heterocycles. The van der Waals surface area contributed by atoms with Gasteiger partial charge in [-0.3, -0.25) is 0 Å². The fourth-order valence-electron chi connectivity index (χ4n) is 4.11. The molecule has 2 aromatic carbocycles. The molecular formula is C24H29NO6S. The van der Waals surface area contributed by atoms with E-state index in [4.69, 9.17) is 4.74 Å². The second kappa shape index (κ2) is 8.79. The van der Waals surface area contributed by atoms with E-state index < -0.39 is 42.9 Å². The highest BCUT2D eigenvalue weighted by Crippen LogP contribution is 2.40. The highest BCUT2D eigenvalue weighted by Gasteiger charge is 2.44. The van der Waals surface area contributed by atoms with Gasteiger partial charge in [0.15, 0.2) is 6.23 Å². The first kappa shape index (κ1) is 23.3. The normalized spacial score (nSPS) is 26.6. The van der Waals surface area contributed by atoms with Crippen LogP contribution in [0.5, 0.6) is 0 Å². The number of hydrogen-bond donors (Lipinski definition) is 5. The Labute approximate surface area is 190 Å². The molecule has 0 amide bonds. The van der Waals surface area contributed by atoms with Gasteiger partial charge in [-0.1, -0.05) is 42.1 Å². The molecule has 1 aliphatic heterocycles. The van der Waals surface area contributed by atoms with Crippen molar-refractivity contribution in [3.8, 4) is 0 Å². The largest absolute Gasteiger partial charge is 0.394 e. The van der Waals surface area contributed by atoms with Gasteiger partial charge in [-0.25, -0.2) is 0 Å². The van der Waals surface area contributed by atoms with Gasteiger partial charge in [-0.05, 0) is 44.0 Å². The summed E-state index contributed by atoms with van der Waals surface area (Å²) in [5.41, 5.74) is 1.71. The van der Waals surface area contributed by atoms with Crippen LogP contribution in [0.3, 0.4) is 0 Å². The minimum absolute atomic E-state index is 0.477. The number of fused-ring (bicyclic) bond motifs is 1. The van der Waals surface area contributed by atoms with Crippen LogP contribution in [0.4, 0.5) is 0 Å². The predicted octanol–water partition coefficient (Wildman–Crippen LogP) is 2.30. The molecule has 0 unspecified atom stereocenters. The number of ether oxygens (including phenoxy) is 1. The van der Waals surface area contributed by atoms with Crippen LogP contribution in [0.15, 0.2) is 58.5 Å². The molecule has 7 nitrogen and oxygen atoms in total. The molecule has 5 N–H and O–H groups in total. The maximum atomic E-state index is 10.7. The topological polar surface area (TPSA) is 115 Å². The number of benzene rings is 2. The Morgan fingerprint density at radius 2 is 1.69 bits per heavy atom.